The van der Waals surface area contributed by atoms with Crippen LogP contribution >= 0.6 is 0 Å². The van der Waals surface area contributed by atoms with Crippen molar-refractivity contribution < 1.29 is 27.5 Å². The van der Waals surface area contributed by atoms with E-state index in [1.807, 2.05) is 0 Å². The Balaban J connectivity index is 2.27. The lowest BCUT2D eigenvalue weighted by molar-refractivity contribution is -0.213. The average molecular weight is 433 g/mol. The quantitative estimate of drug-likeness (QED) is 0.606. The number of hydrogen-bond acceptors (Lipinski definition) is 4. The molecule has 0 saturated heterocycles. The summed E-state index contributed by atoms with van der Waals surface area (Å²) in [5, 5.41) is 4.27. The molecule has 0 saturated carbocycles. The number of benzene rings is 2. The third-order valence-corrected chi connectivity index (χ3v) is 4.71. The van der Waals surface area contributed by atoms with E-state index in [4.69, 9.17) is 0 Å². The van der Waals surface area contributed by atoms with Crippen molar-refractivity contribution in [1.82, 2.24) is 15.1 Å². The van der Waals surface area contributed by atoms with E-state index in [-0.39, 0.29) is 16.9 Å². The molecule has 1 amide bonds. The highest BCUT2D eigenvalue weighted by Crippen LogP contribution is 2.40. The zero-order valence-electron chi connectivity index (χ0n) is 16.5. The first kappa shape index (κ1) is 21.9. The number of aromatic nitrogens is 2. The van der Waals surface area contributed by atoms with Crippen molar-refractivity contribution in [2.24, 2.45) is 0 Å². The molecule has 3 rings (SSSR count). The van der Waals surface area contributed by atoms with Crippen molar-refractivity contribution in [3.8, 4) is 5.69 Å². The lowest BCUT2D eigenvalue weighted by atomic mass is 9.88. The van der Waals surface area contributed by atoms with Crippen LogP contribution in [-0.2, 0) is 15.1 Å². The largest absolute Gasteiger partial charge is 0.467 e. The molecule has 0 bridgehead atoms. The van der Waals surface area contributed by atoms with Gasteiger partial charge in [0.15, 0.2) is 0 Å². The van der Waals surface area contributed by atoms with Gasteiger partial charge in [0.05, 0.1) is 18.4 Å². The number of ether oxygens (including phenoxy) is 1. The Morgan fingerprint density at radius 1 is 1.00 bits per heavy atom. The number of aryl methyl sites for hydroxylation is 1. The summed E-state index contributed by atoms with van der Waals surface area (Å²) in [5.74, 6) is -3.04. The fourth-order valence-corrected chi connectivity index (χ4v) is 3.28. The van der Waals surface area contributed by atoms with Gasteiger partial charge in [-0.2, -0.15) is 13.2 Å². The summed E-state index contributed by atoms with van der Waals surface area (Å²) in [5.41, 5.74) is -6.01. The Hall–Kier alpha value is -3.82. The van der Waals surface area contributed by atoms with E-state index in [9.17, 15) is 27.6 Å². The van der Waals surface area contributed by atoms with E-state index >= 15 is 0 Å². The molecule has 3 aromatic rings. The number of halogens is 3. The summed E-state index contributed by atoms with van der Waals surface area (Å²) in [6, 6.07) is 14.9. The van der Waals surface area contributed by atoms with Crippen LogP contribution in [0, 0.1) is 6.92 Å². The molecule has 0 radical (unpaired) electrons. The van der Waals surface area contributed by atoms with Gasteiger partial charge in [0, 0.05) is 11.3 Å². The Bertz CT molecular complexity index is 1150. The number of rotatable bonds is 5. The Morgan fingerprint density at radius 2 is 1.55 bits per heavy atom. The SMILES string of the molecule is COC(=O)C(NC(=O)c1ccccc1)(c1c(C)[nH]n(-c2ccccc2)c1=O)C(F)(F)F. The van der Waals surface area contributed by atoms with E-state index in [0.29, 0.717) is 0 Å². The zero-order valence-corrected chi connectivity index (χ0v) is 16.5. The van der Waals surface area contributed by atoms with Crippen molar-refractivity contribution in [2.45, 2.75) is 18.6 Å². The number of nitrogens with one attached hydrogen (secondary N) is 2. The number of H-pyrrole nitrogens is 1. The van der Waals surface area contributed by atoms with Gasteiger partial charge >= 0.3 is 12.1 Å². The number of alkyl halides is 3. The molecule has 7 nitrogen and oxygen atoms in total. The maximum atomic E-state index is 14.5. The molecule has 0 spiro atoms. The van der Waals surface area contributed by atoms with Crippen LogP contribution in [0.1, 0.15) is 21.6 Å². The van der Waals surface area contributed by atoms with E-state index in [1.54, 1.807) is 29.6 Å². The van der Waals surface area contributed by atoms with Crippen LogP contribution in [0.2, 0.25) is 0 Å². The van der Waals surface area contributed by atoms with Crippen molar-refractivity contribution in [1.29, 1.82) is 0 Å². The summed E-state index contributed by atoms with van der Waals surface area (Å²) in [4.78, 5) is 38.3. The van der Waals surface area contributed by atoms with Gasteiger partial charge in [0.2, 0.25) is 0 Å². The maximum absolute atomic E-state index is 14.5. The first-order valence-corrected chi connectivity index (χ1v) is 9.03. The molecule has 0 aliphatic carbocycles. The van der Waals surface area contributed by atoms with Gasteiger partial charge in [0.25, 0.3) is 17.0 Å². The lowest BCUT2D eigenvalue weighted by Crippen LogP contribution is -2.63. The van der Waals surface area contributed by atoms with Gasteiger partial charge in [-0.25, -0.2) is 9.48 Å². The summed E-state index contributed by atoms with van der Waals surface area (Å²) in [6.07, 6.45) is -5.40. The minimum Gasteiger partial charge on any atom is -0.467 e. The minimum absolute atomic E-state index is 0.128. The standard InChI is InChI=1S/C21H18F3N3O4/c1-13-16(18(29)27(26-13)15-11-7-4-8-12-15)20(19(30)31-2,21(22,23)24)25-17(28)14-9-5-3-6-10-14/h3-12,26H,1-2H3,(H,25,28). The molecule has 162 valence electrons. The molecule has 10 heteroatoms. The minimum atomic E-state index is -5.40. The van der Waals surface area contributed by atoms with E-state index in [1.165, 1.54) is 43.3 Å². The Morgan fingerprint density at radius 3 is 2.06 bits per heavy atom. The summed E-state index contributed by atoms with van der Waals surface area (Å²) in [7, 11) is 0.745. The molecule has 2 N–H and O–H groups in total. The van der Waals surface area contributed by atoms with Gasteiger partial charge in [-0.15, -0.1) is 0 Å². The number of para-hydroxylation sites is 1. The van der Waals surface area contributed by atoms with Crippen LogP contribution in [0.15, 0.2) is 65.5 Å². The smallest absolute Gasteiger partial charge is 0.427 e. The first-order chi connectivity index (χ1) is 14.6. The highest BCUT2D eigenvalue weighted by atomic mass is 19.4. The number of methoxy groups -OCH3 is 1. The van der Waals surface area contributed by atoms with E-state index < -0.39 is 34.7 Å². The molecule has 1 unspecified atom stereocenters. The number of esters is 1. The summed E-state index contributed by atoms with van der Waals surface area (Å²) < 4.78 is 48.7. The van der Waals surface area contributed by atoms with Crippen LogP contribution in [0.5, 0.6) is 0 Å². The van der Waals surface area contributed by atoms with Crippen LogP contribution in [0.25, 0.3) is 5.69 Å². The topological polar surface area (TPSA) is 93.2 Å². The van der Waals surface area contributed by atoms with E-state index in [2.05, 4.69) is 9.84 Å². The molecular formula is C21H18F3N3O4. The van der Waals surface area contributed by atoms with Gasteiger partial charge < -0.3 is 10.1 Å². The van der Waals surface area contributed by atoms with Crippen LogP contribution < -0.4 is 10.9 Å². The number of amides is 1. The highest BCUT2D eigenvalue weighted by molar-refractivity contribution is 5.99. The van der Waals surface area contributed by atoms with Crippen molar-refractivity contribution in [3.05, 3.63) is 87.8 Å². The molecule has 31 heavy (non-hydrogen) atoms. The van der Waals surface area contributed by atoms with Crippen LogP contribution in [0.4, 0.5) is 13.2 Å². The molecule has 1 heterocycles. The molecule has 2 aromatic carbocycles. The summed E-state index contributed by atoms with van der Waals surface area (Å²) >= 11 is 0. The Kier molecular flexibility index (Phi) is 5.74. The van der Waals surface area contributed by atoms with Crippen molar-refractivity contribution >= 4 is 11.9 Å². The van der Waals surface area contributed by atoms with Gasteiger partial charge in [-0.05, 0) is 31.2 Å². The van der Waals surface area contributed by atoms with Crippen molar-refractivity contribution in [3.63, 3.8) is 0 Å². The van der Waals surface area contributed by atoms with Crippen LogP contribution in [0.3, 0.4) is 0 Å². The second-order valence-electron chi connectivity index (χ2n) is 6.65. The molecule has 1 atom stereocenters. The third-order valence-electron chi connectivity index (χ3n) is 4.71. The highest BCUT2D eigenvalue weighted by Gasteiger charge is 2.66. The normalized spacial score (nSPS) is 13.3. The van der Waals surface area contributed by atoms with E-state index in [0.717, 1.165) is 11.8 Å². The second kappa shape index (κ2) is 8.13. The molecule has 0 aliphatic rings. The molecular weight excluding hydrogens is 415 g/mol. The van der Waals surface area contributed by atoms with Gasteiger partial charge in [-0.3, -0.25) is 14.7 Å². The maximum Gasteiger partial charge on any atom is 0.427 e. The third kappa shape index (κ3) is 3.72. The fraction of sp³-hybridized carbons (Fsp3) is 0.190. The van der Waals surface area contributed by atoms with Crippen molar-refractivity contribution in [2.75, 3.05) is 7.11 Å². The molecule has 1 aromatic heterocycles. The Labute approximate surface area is 174 Å². The monoisotopic (exact) mass is 433 g/mol. The summed E-state index contributed by atoms with van der Waals surface area (Å²) in [6.45, 7) is 1.20. The molecule has 0 aliphatic heterocycles. The lowest BCUT2D eigenvalue weighted by Gasteiger charge is -2.33. The van der Waals surface area contributed by atoms with Gasteiger partial charge in [-0.1, -0.05) is 36.4 Å². The second-order valence-corrected chi connectivity index (χ2v) is 6.65. The number of nitrogens with zero attached hydrogens (tertiary/aromatic N) is 1. The average Bonchev–Trinajstić information content (AvgIpc) is 3.06. The first-order valence-electron chi connectivity index (χ1n) is 9.03. The molecule has 0 fully saturated rings. The zero-order chi connectivity index (χ0) is 22.8. The predicted octanol–water partition coefficient (Wildman–Crippen LogP) is 2.83. The fourth-order valence-electron chi connectivity index (χ4n) is 3.28. The number of hydrogen-bond donors (Lipinski definition) is 2. The predicted molar refractivity (Wildman–Crippen MR) is 105 cm³/mol. The van der Waals surface area contributed by atoms with Gasteiger partial charge in [0.1, 0.15) is 0 Å². The number of carbonyl (C=O) groups is 2. The van der Waals surface area contributed by atoms with Crippen LogP contribution in [-0.4, -0.2) is 34.9 Å². The number of aromatic amines is 1. The number of carbonyl (C=O) groups excluding carboxylic acids is 2.